The molecule has 0 unspecified atom stereocenters. The Morgan fingerprint density at radius 1 is 1.09 bits per heavy atom. The molecule has 3 rings (SSSR count). The second kappa shape index (κ2) is 5.22. The number of carbonyl (C=O) groups is 1. The lowest BCUT2D eigenvalue weighted by molar-refractivity contribution is 0.112. The summed E-state index contributed by atoms with van der Waals surface area (Å²) in [4.78, 5) is 23.1. The molecule has 110 valence electrons. The zero-order valence-corrected chi connectivity index (χ0v) is 12.3. The van der Waals surface area contributed by atoms with Crippen molar-refractivity contribution in [1.82, 2.24) is 4.57 Å². The lowest BCUT2D eigenvalue weighted by Crippen LogP contribution is -2.16. The van der Waals surface area contributed by atoms with E-state index in [2.05, 4.69) is 0 Å². The molecule has 0 saturated carbocycles. The second-order valence-electron chi connectivity index (χ2n) is 5.34. The largest absolute Gasteiger partial charge is 0.317 e. The SMILES string of the molecule is Cc1cc(-c2cn(C)c(=O)c3cc(F)ccc23)ccc1C=O. The Balaban J connectivity index is 2.36. The van der Waals surface area contributed by atoms with E-state index in [1.165, 1.54) is 16.7 Å². The summed E-state index contributed by atoms with van der Waals surface area (Å²) in [5.41, 5.74) is 2.97. The number of pyridine rings is 1. The molecule has 1 aromatic heterocycles. The quantitative estimate of drug-likeness (QED) is 0.679. The highest BCUT2D eigenvalue weighted by Gasteiger charge is 2.11. The maximum atomic E-state index is 13.5. The summed E-state index contributed by atoms with van der Waals surface area (Å²) in [6.45, 7) is 1.86. The molecule has 0 aliphatic heterocycles. The third-order valence-electron chi connectivity index (χ3n) is 3.85. The number of aryl methyl sites for hydroxylation is 2. The van der Waals surface area contributed by atoms with Gasteiger partial charge < -0.3 is 4.57 Å². The van der Waals surface area contributed by atoms with Gasteiger partial charge in [-0.2, -0.15) is 0 Å². The molecule has 0 bridgehead atoms. The van der Waals surface area contributed by atoms with Gasteiger partial charge in [0.15, 0.2) is 0 Å². The molecule has 0 aliphatic rings. The highest BCUT2D eigenvalue weighted by molar-refractivity contribution is 5.96. The van der Waals surface area contributed by atoms with Crippen LogP contribution in [0.1, 0.15) is 15.9 Å². The Kier molecular flexibility index (Phi) is 3.37. The van der Waals surface area contributed by atoms with Gasteiger partial charge in [0, 0.05) is 24.4 Å². The Labute approximate surface area is 126 Å². The number of hydrogen-bond donors (Lipinski definition) is 0. The van der Waals surface area contributed by atoms with Crippen molar-refractivity contribution in [1.29, 1.82) is 0 Å². The number of benzene rings is 2. The molecule has 3 nitrogen and oxygen atoms in total. The van der Waals surface area contributed by atoms with Gasteiger partial charge in [0.1, 0.15) is 12.1 Å². The maximum absolute atomic E-state index is 13.5. The summed E-state index contributed by atoms with van der Waals surface area (Å²) in [5.74, 6) is -0.436. The molecular weight excluding hydrogens is 281 g/mol. The van der Waals surface area contributed by atoms with Gasteiger partial charge in [0.05, 0.1) is 5.39 Å². The van der Waals surface area contributed by atoms with Crippen LogP contribution in [0, 0.1) is 12.7 Å². The first-order chi connectivity index (χ1) is 10.5. The van der Waals surface area contributed by atoms with Gasteiger partial charge in [-0.25, -0.2) is 4.39 Å². The lowest BCUT2D eigenvalue weighted by atomic mass is 9.97. The molecule has 4 heteroatoms. The predicted octanol–water partition coefficient (Wildman–Crippen LogP) is 3.47. The standard InChI is InChI=1S/C18H14FNO2/c1-11-7-12(3-4-13(11)10-21)17-9-20(2)18(22)16-8-14(19)5-6-15(16)17/h3-10H,1-2H3. The summed E-state index contributed by atoms with van der Waals surface area (Å²) in [6.07, 6.45) is 2.55. The van der Waals surface area contributed by atoms with Crippen LogP contribution in [-0.2, 0) is 7.05 Å². The first-order valence-electron chi connectivity index (χ1n) is 6.86. The van der Waals surface area contributed by atoms with Crippen LogP contribution in [-0.4, -0.2) is 10.9 Å². The normalized spacial score (nSPS) is 10.9. The lowest BCUT2D eigenvalue weighted by Gasteiger charge is -2.11. The molecular formula is C18H14FNO2. The summed E-state index contributed by atoms with van der Waals surface area (Å²) >= 11 is 0. The summed E-state index contributed by atoms with van der Waals surface area (Å²) in [7, 11) is 1.64. The van der Waals surface area contributed by atoms with E-state index < -0.39 is 5.82 Å². The van der Waals surface area contributed by atoms with Gasteiger partial charge in [0.25, 0.3) is 5.56 Å². The van der Waals surface area contributed by atoms with Crippen LogP contribution >= 0.6 is 0 Å². The van der Waals surface area contributed by atoms with Gasteiger partial charge in [-0.1, -0.05) is 24.3 Å². The highest BCUT2D eigenvalue weighted by Crippen LogP contribution is 2.28. The smallest absolute Gasteiger partial charge is 0.258 e. The molecule has 2 aromatic carbocycles. The van der Waals surface area contributed by atoms with Gasteiger partial charge in [-0.05, 0) is 35.6 Å². The summed E-state index contributed by atoms with van der Waals surface area (Å²) in [6, 6.07) is 9.69. The fraction of sp³-hybridized carbons (Fsp3) is 0.111. The monoisotopic (exact) mass is 295 g/mol. The van der Waals surface area contributed by atoms with Crippen molar-refractivity contribution in [3.63, 3.8) is 0 Å². The fourth-order valence-electron chi connectivity index (χ4n) is 2.65. The van der Waals surface area contributed by atoms with E-state index in [0.29, 0.717) is 16.3 Å². The van der Waals surface area contributed by atoms with Crippen LogP contribution in [0.15, 0.2) is 47.4 Å². The molecule has 0 atom stereocenters. The minimum atomic E-state index is -0.436. The van der Waals surface area contributed by atoms with Crippen LogP contribution in [0.2, 0.25) is 0 Å². The van der Waals surface area contributed by atoms with Crippen LogP contribution in [0.5, 0.6) is 0 Å². The van der Waals surface area contributed by atoms with E-state index in [-0.39, 0.29) is 5.56 Å². The van der Waals surface area contributed by atoms with E-state index in [0.717, 1.165) is 23.0 Å². The number of fused-ring (bicyclic) bond motifs is 1. The van der Waals surface area contributed by atoms with E-state index in [4.69, 9.17) is 0 Å². The number of nitrogens with zero attached hydrogens (tertiary/aromatic N) is 1. The Bertz CT molecular complexity index is 957. The molecule has 1 heterocycles. The molecule has 0 spiro atoms. The van der Waals surface area contributed by atoms with Crippen LogP contribution in [0.3, 0.4) is 0 Å². The number of halogens is 1. The first kappa shape index (κ1) is 14.2. The summed E-state index contributed by atoms with van der Waals surface area (Å²) in [5, 5.41) is 1.04. The van der Waals surface area contributed by atoms with Crippen molar-refractivity contribution in [3.8, 4) is 11.1 Å². The van der Waals surface area contributed by atoms with E-state index in [1.54, 1.807) is 25.4 Å². The zero-order valence-electron chi connectivity index (χ0n) is 12.3. The molecule has 0 aliphatic carbocycles. The summed E-state index contributed by atoms with van der Waals surface area (Å²) < 4.78 is 14.9. The number of aromatic nitrogens is 1. The van der Waals surface area contributed by atoms with Crippen LogP contribution < -0.4 is 5.56 Å². The Morgan fingerprint density at radius 3 is 2.55 bits per heavy atom. The molecule has 0 amide bonds. The number of carbonyl (C=O) groups excluding carboxylic acids is 1. The van der Waals surface area contributed by atoms with Gasteiger partial charge in [-0.15, -0.1) is 0 Å². The third-order valence-corrected chi connectivity index (χ3v) is 3.85. The van der Waals surface area contributed by atoms with Crippen molar-refractivity contribution in [3.05, 3.63) is 69.9 Å². The van der Waals surface area contributed by atoms with Gasteiger partial charge >= 0.3 is 0 Å². The van der Waals surface area contributed by atoms with Crippen molar-refractivity contribution in [2.24, 2.45) is 7.05 Å². The number of hydrogen-bond acceptors (Lipinski definition) is 2. The Hall–Kier alpha value is -2.75. The molecule has 0 fully saturated rings. The minimum Gasteiger partial charge on any atom is -0.317 e. The zero-order chi connectivity index (χ0) is 15.9. The van der Waals surface area contributed by atoms with Crippen LogP contribution in [0.4, 0.5) is 4.39 Å². The van der Waals surface area contributed by atoms with E-state index in [1.807, 2.05) is 19.1 Å². The first-order valence-corrected chi connectivity index (χ1v) is 6.86. The van der Waals surface area contributed by atoms with Crippen LogP contribution in [0.25, 0.3) is 21.9 Å². The topological polar surface area (TPSA) is 39.1 Å². The highest BCUT2D eigenvalue weighted by atomic mass is 19.1. The Morgan fingerprint density at radius 2 is 1.86 bits per heavy atom. The van der Waals surface area contributed by atoms with Crippen molar-refractivity contribution in [2.45, 2.75) is 6.92 Å². The van der Waals surface area contributed by atoms with Gasteiger partial charge in [0.2, 0.25) is 0 Å². The third kappa shape index (κ3) is 2.22. The minimum absolute atomic E-state index is 0.237. The van der Waals surface area contributed by atoms with E-state index >= 15 is 0 Å². The van der Waals surface area contributed by atoms with Crippen molar-refractivity contribution in [2.75, 3.05) is 0 Å². The number of rotatable bonds is 2. The average Bonchev–Trinajstić information content (AvgIpc) is 2.51. The second-order valence-corrected chi connectivity index (χ2v) is 5.34. The molecule has 0 saturated heterocycles. The fourth-order valence-corrected chi connectivity index (χ4v) is 2.65. The average molecular weight is 295 g/mol. The molecule has 0 N–H and O–H groups in total. The molecule has 3 aromatic rings. The maximum Gasteiger partial charge on any atom is 0.258 e. The van der Waals surface area contributed by atoms with Gasteiger partial charge in [-0.3, -0.25) is 9.59 Å². The molecule has 0 radical (unpaired) electrons. The molecule has 22 heavy (non-hydrogen) atoms. The number of aldehydes is 1. The van der Waals surface area contributed by atoms with Crippen molar-refractivity contribution >= 4 is 17.1 Å². The predicted molar refractivity (Wildman–Crippen MR) is 84.7 cm³/mol. The van der Waals surface area contributed by atoms with E-state index in [9.17, 15) is 14.0 Å². The van der Waals surface area contributed by atoms with Crippen molar-refractivity contribution < 1.29 is 9.18 Å².